The van der Waals surface area contributed by atoms with Gasteiger partial charge in [-0.05, 0) is 0 Å². The highest BCUT2D eigenvalue weighted by Crippen LogP contribution is 1.85. The van der Waals surface area contributed by atoms with E-state index < -0.39 is 0 Å². The Morgan fingerprint density at radius 2 is 2.50 bits per heavy atom. The van der Waals surface area contributed by atoms with E-state index in [-0.39, 0.29) is 6.03 Å². The van der Waals surface area contributed by atoms with Crippen LogP contribution in [0.2, 0.25) is 0 Å². The van der Waals surface area contributed by atoms with E-state index in [0.29, 0.717) is 5.84 Å². The molecule has 1 rings (SSSR count). The minimum absolute atomic E-state index is 0.291. The fourth-order valence-corrected chi connectivity index (χ4v) is 0.478. The topological polar surface area (TPSA) is 67.6 Å². The third kappa shape index (κ3) is 1.48. The van der Waals surface area contributed by atoms with E-state index in [2.05, 4.69) is 21.2 Å². The quantitative estimate of drug-likeness (QED) is 0.460. The summed E-state index contributed by atoms with van der Waals surface area (Å²) in [7, 11) is 1.53. The van der Waals surface area contributed by atoms with Gasteiger partial charge >= 0.3 is 6.03 Å². The number of nitrogens with one attached hydrogen (secondary N) is 2. The summed E-state index contributed by atoms with van der Waals surface area (Å²) in [5.74, 6) is 0.458. The van der Waals surface area contributed by atoms with E-state index in [1.807, 2.05) is 0 Å². The Bertz CT molecular complexity index is 196. The third-order valence-corrected chi connectivity index (χ3v) is 0.933. The molecule has 0 saturated carbocycles. The number of carbonyl (C=O) groups excluding carboxylic acids is 1. The molecule has 5 heteroatoms. The van der Waals surface area contributed by atoms with E-state index in [9.17, 15) is 4.79 Å². The molecule has 0 fully saturated rings. The summed E-state index contributed by atoms with van der Waals surface area (Å²) in [4.78, 5) is 10.6. The molecule has 0 atom stereocenters. The van der Waals surface area contributed by atoms with Gasteiger partial charge < -0.3 is 5.32 Å². The van der Waals surface area contributed by atoms with E-state index in [1.165, 1.54) is 13.2 Å². The summed E-state index contributed by atoms with van der Waals surface area (Å²) < 4.78 is 0. The highest BCUT2D eigenvalue weighted by molar-refractivity contribution is 6.04. The molecule has 0 saturated heterocycles. The predicted octanol–water partition coefficient (Wildman–Crippen LogP) is -0.639. The van der Waals surface area contributed by atoms with E-state index in [1.54, 1.807) is 6.08 Å². The van der Waals surface area contributed by atoms with Crippen LogP contribution in [0.25, 0.3) is 0 Å². The van der Waals surface area contributed by atoms with Crippen molar-refractivity contribution in [3.8, 4) is 0 Å². The third-order valence-electron chi connectivity index (χ3n) is 0.933. The largest absolute Gasteiger partial charge is 0.341 e. The monoisotopic (exact) mass is 139 g/mol. The first-order valence-corrected chi connectivity index (χ1v) is 2.76. The number of urea groups is 1. The average molecular weight is 139 g/mol. The van der Waals surface area contributed by atoms with Crippen LogP contribution in [0.15, 0.2) is 17.4 Å². The first kappa shape index (κ1) is 6.60. The van der Waals surface area contributed by atoms with Gasteiger partial charge in [-0.25, -0.2) is 4.79 Å². The van der Waals surface area contributed by atoms with Gasteiger partial charge in [0.15, 0.2) is 5.84 Å². The zero-order valence-electron chi connectivity index (χ0n) is 5.46. The number of hydrogen-bond acceptors (Lipinski definition) is 2. The Hall–Kier alpha value is -1.52. The maximum absolute atomic E-state index is 10.6. The molecule has 1 aliphatic rings. The van der Waals surface area contributed by atoms with E-state index in [0.717, 1.165) is 0 Å². The van der Waals surface area contributed by atoms with E-state index >= 15 is 0 Å². The Morgan fingerprint density at radius 1 is 1.70 bits per heavy atom. The molecule has 0 unspecified atom stereocenters. The number of carbonyl (C=O) groups is 1. The predicted molar refractivity (Wildman–Crippen MR) is 36.3 cm³/mol. The Morgan fingerprint density at radius 3 is 3.00 bits per heavy atom. The first-order valence-electron chi connectivity index (χ1n) is 2.76. The second-order valence-electron chi connectivity index (χ2n) is 1.62. The molecule has 2 N–H and O–H groups in total. The number of rotatable bonds is 0. The van der Waals surface area contributed by atoms with Gasteiger partial charge in [-0.2, -0.15) is 5.43 Å². The number of amides is 2. The van der Waals surface area contributed by atoms with Crippen molar-refractivity contribution in [2.24, 2.45) is 5.10 Å². The normalized spacial score (nSPS) is 13.9. The van der Waals surface area contributed by atoms with Crippen molar-refractivity contribution >= 4 is 11.9 Å². The van der Waals surface area contributed by atoms with Gasteiger partial charge in [-0.3, -0.25) is 5.32 Å². The second-order valence-corrected chi connectivity index (χ2v) is 1.62. The summed E-state index contributed by atoms with van der Waals surface area (Å²) in [5, 5.41) is 8.42. The van der Waals surface area contributed by atoms with Gasteiger partial charge in [0, 0.05) is 13.1 Å². The van der Waals surface area contributed by atoms with Gasteiger partial charge in [0.2, 0.25) is 0 Å². The van der Waals surface area contributed by atoms with Gasteiger partial charge in [0.05, 0.1) is 6.20 Å². The number of amidine groups is 1. The zero-order chi connectivity index (χ0) is 7.40. The first-order chi connectivity index (χ1) is 4.83. The summed E-state index contributed by atoms with van der Waals surface area (Å²) in [5.41, 5.74) is 3.52. The van der Waals surface area contributed by atoms with Crippen molar-refractivity contribution in [2.45, 2.75) is 0 Å². The molecule has 0 bridgehead atoms. The molecule has 0 spiro atoms. The van der Waals surface area contributed by atoms with Crippen molar-refractivity contribution in [3.05, 3.63) is 12.3 Å². The molecule has 53 valence electrons. The smallest absolute Gasteiger partial charge is 0.320 e. The minimum atomic E-state index is -0.291. The average Bonchev–Trinajstić information content (AvgIpc) is 2.40. The highest BCUT2D eigenvalue weighted by atomic mass is 16.2. The fourth-order valence-electron chi connectivity index (χ4n) is 0.478. The van der Waals surface area contributed by atoms with Crippen LogP contribution in [-0.4, -0.2) is 18.9 Å². The summed E-state index contributed by atoms with van der Waals surface area (Å²) in [6.45, 7) is 0. The van der Waals surface area contributed by atoms with Crippen LogP contribution >= 0.6 is 0 Å². The molecular weight excluding hydrogens is 132 g/mol. The lowest BCUT2D eigenvalue weighted by Crippen LogP contribution is -2.36. The van der Waals surface area contributed by atoms with Crippen molar-refractivity contribution in [3.63, 3.8) is 0 Å². The maximum atomic E-state index is 10.6. The lowest BCUT2D eigenvalue weighted by atomic mass is 10.5. The molecule has 0 aromatic carbocycles. The molecule has 5 nitrogen and oxygen atoms in total. The minimum Gasteiger partial charge on any atom is -0.341 e. The Labute approximate surface area is 58.2 Å². The summed E-state index contributed by atoms with van der Waals surface area (Å²) in [6, 6.07) is -0.291. The van der Waals surface area contributed by atoms with Crippen molar-refractivity contribution in [1.29, 1.82) is 0 Å². The van der Waals surface area contributed by atoms with Crippen LogP contribution in [0.3, 0.4) is 0 Å². The van der Waals surface area contributed by atoms with Crippen LogP contribution in [0, 0.1) is 0 Å². The SMILES string of the molecule is CNC(=O)NC1=N[N]C=C1. The second kappa shape index (κ2) is 2.86. The standard InChI is InChI=1S/C5H7N4O/c1-6-5(10)8-4-2-3-7-9-4/h2-3H,1H3,(H2,6,8,9,10). The van der Waals surface area contributed by atoms with Gasteiger partial charge in [-0.15, -0.1) is 5.10 Å². The van der Waals surface area contributed by atoms with Crippen LogP contribution in [0.5, 0.6) is 0 Å². The van der Waals surface area contributed by atoms with Gasteiger partial charge in [0.25, 0.3) is 0 Å². The van der Waals surface area contributed by atoms with E-state index in [4.69, 9.17) is 0 Å². The summed E-state index contributed by atoms with van der Waals surface area (Å²) >= 11 is 0. The van der Waals surface area contributed by atoms with Crippen LogP contribution in [-0.2, 0) is 0 Å². The van der Waals surface area contributed by atoms with Gasteiger partial charge in [0.1, 0.15) is 0 Å². The zero-order valence-corrected chi connectivity index (χ0v) is 5.46. The molecule has 10 heavy (non-hydrogen) atoms. The van der Waals surface area contributed by atoms with Crippen molar-refractivity contribution in [2.75, 3.05) is 7.05 Å². The van der Waals surface area contributed by atoms with Crippen molar-refractivity contribution < 1.29 is 4.79 Å². The molecule has 1 heterocycles. The van der Waals surface area contributed by atoms with Crippen LogP contribution in [0.1, 0.15) is 0 Å². The van der Waals surface area contributed by atoms with Crippen LogP contribution < -0.4 is 16.1 Å². The molecule has 2 amide bonds. The maximum Gasteiger partial charge on any atom is 0.320 e. The number of nitrogens with zero attached hydrogens (tertiary/aromatic N) is 2. The summed E-state index contributed by atoms with van der Waals surface area (Å²) in [6.07, 6.45) is 3.11. The lowest BCUT2D eigenvalue weighted by molar-refractivity contribution is 0.247. The lowest BCUT2D eigenvalue weighted by Gasteiger charge is -1.98. The van der Waals surface area contributed by atoms with Crippen LogP contribution in [0.4, 0.5) is 4.79 Å². The Kier molecular flexibility index (Phi) is 1.89. The molecule has 1 radical (unpaired) electrons. The molecule has 0 aliphatic carbocycles. The number of hydrogen-bond donors (Lipinski definition) is 2. The molecule has 1 aliphatic heterocycles. The van der Waals surface area contributed by atoms with Crippen molar-refractivity contribution in [1.82, 2.24) is 16.1 Å². The molecule has 0 aromatic rings. The molecule has 0 aromatic heterocycles. The molecular formula is C5H7N4O. The fraction of sp³-hybridized carbons (Fsp3) is 0.200. The highest BCUT2D eigenvalue weighted by Gasteiger charge is 2.02. The van der Waals surface area contributed by atoms with Gasteiger partial charge in [-0.1, -0.05) is 0 Å². The Balaban J connectivity index is 2.38.